The van der Waals surface area contributed by atoms with Gasteiger partial charge in [0.15, 0.2) is 0 Å². The van der Waals surface area contributed by atoms with Crippen molar-refractivity contribution in [3.8, 4) is 5.75 Å². The second-order valence-corrected chi connectivity index (χ2v) is 7.19. The summed E-state index contributed by atoms with van der Waals surface area (Å²) >= 11 is 0. The van der Waals surface area contributed by atoms with Gasteiger partial charge >= 0.3 is 0 Å². The molecule has 0 unspecified atom stereocenters. The second-order valence-electron chi connectivity index (χ2n) is 7.19. The lowest BCUT2D eigenvalue weighted by Crippen LogP contribution is -2.37. The highest BCUT2D eigenvalue weighted by molar-refractivity contribution is 5.30. The number of rotatable bonds is 3. The van der Waals surface area contributed by atoms with E-state index in [4.69, 9.17) is 4.74 Å². The molecule has 1 fully saturated rings. The Labute approximate surface area is 124 Å². The fourth-order valence-electron chi connectivity index (χ4n) is 2.91. The van der Waals surface area contributed by atoms with Crippen LogP contribution in [-0.2, 0) is 0 Å². The van der Waals surface area contributed by atoms with Crippen molar-refractivity contribution in [1.82, 2.24) is 4.90 Å². The van der Waals surface area contributed by atoms with E-state index in [1.807, 2.05) is 0 Å². The summed E-state index contributed by atoms with van der Waals surface area (Å²) in [7, 11) is 0. The van der Waals surface area contributed by atoms with Crippen LogP contribution >= 0.6 is 0 Å². The largest absolute Gasteiger partial charge is 0.488 e. The Bertz CT molecular complexity index is 408. The normalized spacial score (nSPS) is 18.5. The third-order valence-corrected chi connectivity index (χ3v) is 4.04. The van der Waals surface area contributed by atoms with Gasteiger partial charge in [0.05, 0.1) is 0 Å². The molecule has 0 amide bonds. The van der Waals surface area contributed by atoms with Gasteiger partial charge in [0, 0.05) is 6.04 Å². The number of hydrogen-bond acceptors (Lipinski definition) is 2. The number of likely N-dealkylation sites (tertiary alicyclic amines) is 1. The summed E-state index contributed by atoms with van der Waals surface area (Å²) in [5, 5.41) is 0. The van der Waals surface area contributed by atoms with Crippen molar-refractivity contribution in [2.75, 3.05) is 13.1 Å². The zero-order valence-corrected chi connectivity index (χ0v) is 13.6. The fourth-order valence-corrected chi connectivity index (χ4v) is 2.91. The molecule has 0 spiro atoms. The summed E-state index contributed by atoms with van der Waals surface area (Å²) in [4.78, 5) is 2.58. The maximum atomic E-state index is 5.88. The number of ether oxygens (including phenoxy) is 1. The number of piperidine rings is 1. The predicted octanol–water partition coefficient (Wildman–Crippen LogP) is 4.45. The van der Waals surface area contributed by atoms with Crippen molar-refractivity contribution in [2.24, 2.45) is 0 Å². The molecule has 2 nitrogen and oxygen atoms in total. The minimum absolute atomic E-state index is 0.121. The molecule has 1 aliphatic rings. The molecule has 2 rings (SSSR count). The second kappa shape index (κ2) is 6.17. The van der Waals surface area contributed by atoms with E-state index in [0.29, 0.717) is 12.0 Å². The van der Waals surface area contributed by atoms with E-state index in [9.17, 15) is 0 Å². The van der Waals surface area contributed by atoms with Gasteiger partial charge in [-0.05, 0) is 84.2 Å². The van der Waals surface area contributed by atoms with Gasteiger partial charge in [0.25, 0.3) is 0 Å². The Morgan fingerprint density at radius 2 is 1.60 bits per heavy atom. The molecule has 1 aromatic rings. The number of nitrogens with zero attached hydrogens (tertiary/aromatic N) is 1. The van der Waals surface area contributed by atoms with Gasteiger partial charge in [-0.1, -0.05) is 12.1 Å². The highest BCUT2D eigenvalue weighted by Gasteiger charge is 2.22. The standard InChI is InChI=1S/C18H29NO/c1-14(2)19-12-10-16(11-13-19)15-6-8-17(9-7-15)20-18(3,4)5/h6-9,14,16H,10-13H2,1-5H3. The lowest BCUT2D eigenvalue weighted by atomic mass is 9.89. The Kier molecular flexibility index (Phi) is 4.74. The van der Waals surface area contributed by atoms with Crippen LogP contribution in [0.5, 0.6) is 5.75 Å². The van der Waals surface area contributed by atoms with E-state index in [2.05, 4.69) is 63.8 Å². The Morgan fingerprint density at radius 3 is 2.05 bits per heavy atom. The predicted molar refractivity (Wildman–Crippen MR) is 85.5 cm³/mol. The van der Waals surface area contributed by atoms with Crippen molar-refractivity contribution in [2.45, 2.75) is 65.0 Å². The molecule has 0 radical (unpaired) electrons. The first-order chi connectivity index (χ1) is 9.35. The fraction of sp³-hybridized carbons (Fsp3) is 0.667. The smallest absolute Gasteiger partial charge is 0.120 e. The molecule has 1 heterocycles. The maximum Gasteiger partial charge on any atom is 0.120 e. The minimum Gasteiger partial charge on any atom is -0.488 e. The molecule has 0 atom stereocenters. The van der Waals surface area contributed by atoms with E-state index >= 15 is 0 Å². The quantitative estimate of drug-likeness (QED) is 0.808. The van der Waals surface area contributed by atoms with Crippen LogP contribution in [0.3, 0.4) is 0 Å². The third kappa shape index (κ3) is 4.24. The van der Waals surface area contributed by atoms with Crippen molar-refractivity contribution < 1.29 is 4.74 Å². The molecule has 0 aromatic heterocycles. The van der Waals surface area contributed by atoms with E-state index in [-0.39, 0.29) is 5.60 Å². The third-order valence-electron chi connectivity index (χ3n) is 4.04. The van der Waals surface area contributed by atoms with Crippen LogP contribution in [0.2, 0.25) is 0 Å². The van der Waals surface area contributed by atoms with Gasteiger partial charge in [-0.2, -0.15) is 0 Å². The molecular formula is C18H29NO. The average molecular weight is 275 g/mol. The van der Waals surface area contributed by atoms with Gasteiger partial charge in [0.1, 0.15) is 11.4 Å². The van der Waals surface area contributed by atoms with Gasteiger partial charge in [-0.3, -0.25) is 0 Å². The monoisotopic (exact) mass is 275 g/mol. The van der Waals surface area contributed by atoms with Crippen molar-refractivity contribution in [1.29, 1.82) is 0 Å². The highest BCUT2D eigenvalue weighted by Crippen LogP contribution is 2.30. The van der Waals surface area contributed by atoms with E-state index in [0.717, 1.165) is 5.75 Å². The number of hydrogen-bond donors (Lipinski definition) is 0. The summed E-state index contributed by atoms with van der Waals surface area (Å²) in [5.41, 5.74) is 1.35. The van der Waals surface area contributed by atoms with Crippen LogP contribution < -0.4 is 4.74 Å². The molecule has 20 heavy (non-hydrogen) atoms. The number of benzene rings is 1. The minimum atomic E-state index is -0.121. The maximum absolute atomic E-state index is 5.88. The summed E-state index contributed by atoms with van der Waals surface area (Å²) in [6.45, 7) is 13.3. The molecule has 1 aromatic carbocycles. The molecule has 1 saturated heterocycles. The molecular weight excluding hydrogens is 246 g/mol. The Hall–Kier alpha value is -1.02. The van der Waals surface area contributed by atoms with Crippen LogP contribution in [0.4, 0.5) is 0 Å². The van der Waals surface area contributed by atoms with Crippen molar-refractivity contribution >= 4 is 0 Å². The molecule has 0 N–H and O–H groups in total. The lowest BCUT2D eigenvalue weighted by molar-refractivity contribution is 0.131. The van der Waals surface area contributed by atoms with E-state index in [1.165, 1.54) is 31.5 Å². The SMILES string of the molecule is CC(C)N1CCC(c2ccc(OC(C)(C)C)cc2)CC1. The summed E-state index contributed by atoms with van der Waals surface area (Å²) in [5.74, 6) is 1.69. The van der Waals surface area contributed by atoms with Crippen LogP contribution in [0.25, 0.3) is 0 Å². The summed E-state index contributed by atoms with van der Waals surface area (Å²) in [6, 6.07) is 9.41. The van der Waals surface area contributed by atoms with Crippen molar-refractivity contribution in [3.63, 3.8) is 0 Å². The van der Waals surface area contributed by atoms with Gasteiger partial charge in [0.2, 0.25) is 0 Å². The molecule has 1 aliphatic heterocycles. The van der Waals surface area contributed by atoms with Crippen molar-refractivity contribution in [3.05, 3.63) is 29.8 Å². The Morgan fingerprint density at radius 1 is 1.05 bits per heavy atom. The first kappa shape index (κ1) is 15.4. The first-order valence-corrected chi connectivity index (χ1v) is 7.88. The average Bonchev–Trinajstić information content (AvgIpc) is 2.38. The molecule has 2 heteroatoms. The topological polar surface area (TPSA) is 12.5 Å². The molecule has 0 saturated carbocycles. The zero-order valence-electron chi connectivity index (χ0n) is 13.6. The van der Waals surface area contributed by atoms with Crippen LogP contribution in [0.1, 0.15) is 58.9 Å². The Balaban J connectivity index is 1.94. The van der Waals surface area contributed by atoms with Crippen LogP contribution in [0, 0.1) is 0 Å². The zero-order chi connectivity index (χ0) is 14.8. The molecule has 0 bridgehead atoms. The van der Waals surface area contributed by atoms with Crippen LogP contribution in [-0.4, -0.2) is 29.6 Å². The van der Waals surface area contributed by atoms with E-state index in [1.54, 1.807) is 0 Å². The molecule has 0 aliphatic carbocycles. The lowest BCUT2D eigenvalue weighted by Gasteiger charge is -2.34. The first-order valence-electron chi connectivity index (χ1n) is 7.88. The van der Waals surface area contributed by atoms with Gasteiger partial charge in [-0.15, -0.1) is 0 Å². The molecule has 112 valence electrons. The van der Waals surface area contributed by atoms with Gasteiger partial charge < -0.3 is 9.64 Å². The van der Waals surface area contributed by atoms with Crippen LogP contribution in [0.15, 0.2) is 24.3 Å². The summed E-state index contributed by atoms with van der Waals surface area (Å²) in [6.07, 6.45) is 2.55. The van der Waals surface area contributed by atoms with Gasteiger partial charge in [-0.25, -0.2) is 0 Å². The summed E-state index contributed by atoms with van der Waals surface area (Å²) < 4.78 is 5.88. The van der Waals surface area contributed by atoms with E-state index < -0.39 is 0 Å². The highest BCUT2D eigenvalue weighted by atomic mass is 16.5.